The van der Waals surface area contributed by atoms with E-state index in [9.17, 15) is 9.59 Å². The van der Waals surface area contributed by atoms with Crippen LogP contribution in [0.15, 0.2) is 48.5 Å². The first-order valence-corrected chi connectivity index (χ1v) is 10.9. The molecule has 1 saturated heterocycles. The van der Waals surface area contributed by atoms with E-state index in [0.29, 0.717) is 36.8 Å². The number of carbonyl (C=O) groups is 2. The summed E-state index contributed by atoms with van der Waals surface area (Å²) in [6, 6.07) is 14.1. The molecule has 0 radical (unpaired) electrons. The van der Waals surface area contributed by atoms with Gasteiger partial charge in [-0.1, -0.05) is 44.2 Å². The number of hydrogen-bond donors (Lipinski definition) is 5. The third-order valence-corrected chi connectivity index (χ3v) is 5.57. The highest BCUT2D eigenvalue weighted by atomic mass is 16.5. The summed E-state index contributed by atoms with van der Waals surface area (Å²) in [6.45, 7) is 6.70. The minimum atomic E-state index is -0.742. The minimum absolute atomic E-state index is 0.0813. The van der Waals surface area contributed by atoms with E-state index < -0.39 is 5.54 Å². The molecule has 1 fully saturated rings. The monoisotopic (exact) mass is 452 g/mol. The lowest BCUT2D eigenvalue weighted by atomic mass is 9.91. The molecule has 2 aromatic rings. The van der Waals surface area contributed by atoms with Gasteiger partial charge in [-0.2, -0.15) is 0 Å². The Balaban J connectivity index is 1.58. The lowest BCUT2D eigenvalue weighted by molar-refractivity contribution is -0.131. The quantitative estimate of drug-likeness (QED) is 0.390. The molecule has 9 nitrogen and oxygen atoms in total. The van der Waals surface area contributed by atoms with Crippen LogP contribution in [0.4, 0.5) is 16.2 Å². The van der Waals surface area contributed by atoms with Crippen molar-refractivity contribution in [3.05, 3.63) is 59.7 Å². The summed E-state index contributed by atoms with van der Waals surface area (Å²) in [5.41, 5.74) is 4.21. The molecule has 0 aliphatic carbocycles. The molecule has 0 bridgehead atoms. The van der Waals surface area contributed by atoms with Crippen molar-refractivity contribution in [2.45, 2.75) is 45.8 Å². The molecule has 5 N–H and O–H groups in total. The summed E-state index contributed by atoms with van der Waals surface area (Å²) >= 11 is 0. The molecule has 0 spiro atoms. The van der Waals surface area contributed by atoms with Gasteiger partial charge in [0.15, 0.2) is 5.96 Å². The van der Waals surface area contributed by atoms with Crippen molar-refractivity contribution in [2.75, 3.05) is 17.8 Å². The summed E-state index contributed by atoms with van der Waals surface area (Å²) in [6.07, 6.45) is 0.666. The fourth-order valence-corrected chi connectivity index (χ4v) is 4.05. The molecule has 2 aromatic carbocycles. The molecular weight excluding hydrogens is 420 g/mol. The highest BCUT2D eigenvalue weighted by molar-refractivity contribution is 6.07. The first kappa shape index (κ1) is 24.1. The molecule has 3 amide bonds. The van der Waals surface area contributed by atoms with Gasteiger partial charge in [-0.05, 0) is 48.6 Å². The van der Waals surface area contributed by atoms with E-state index in [4.69, 9.17) is 10.6 Å². The lowest BCUT2D eigenvalue weighted by Gasteiger charge is -2.24. The molecule has 3 rings (SSSR count). The van der Waals surface area contributed by atoms with Gasteiger partial charge >= 0.3 is 6.03 Å². The molecule has 1 unspecified atom stereocenters. The third kappa shape index (κ3) is 5.81. The number of benzene rings is 2. The normalized spacial score (nSPS) is 17.8. The van der Waals surface area contributed by atoms with E-state index >= 15 is 0 Å². The van der Waals surface area contributed by atoms with Crippen molar-refractivity contribution in [1.82, 2.24) is 15.1 Å². The van der Waals surface area contributed by atoms with Crippen LogP contribution in [0.2, 0.25) is 0 Å². The van der Waals surface area contributed by atoms with Crippen molar-refractivity contribution >= 4 is 29.3 Å². The SMILES string of the molecule is CC(C)CC1(C)NC(=N)N(Cc2ccc(CN(C)C(=O)Nc3cccc(NO)c3)cc2)C1=O. The Labute approximate surface area is 194 Å². The van der Waals surface area contributed by atoms with E-state index in [-0.39, 0.29) is 17.9 Å². The third-order valence-electron chi connectivity index (χ3n) is 5.57. The average Bonchev–Trinajstić information content (AvgIpc) is 2.97. The Kier molecular flexibility index (Phi) is 7.23. The summed E-state index contributed by atoms with van der Waals surface area (Å²) in [4.78, 5) is 28.4. The highest BCUT2D eigenvalue weighted by Crippen LogP contribution is 2.26. The standard InChI is InChI=1S/C24H32N6O3/c1-16(2)13-24(3)21(31)30(22(25)27-24)15-18-10-8-17(9-11-18)14-29(4)23(32)26-19-6-5-7-20(12-19)28-33/h5-12,16,28,33H,13-15H2,1-4H3,(H2,25,27)(H,26,32). The summed E-state index contributed by atoms with van der Waals surface area (Å²) < 4.78 is 0. The van der Waals surface area contributed by atoms with Gasteiger partial charge in [-0.25, -0.2) is 4.79 Å². The van der Waals surface area contributed by atoms with Crippen LogP contribution in [0.5, 0.6) is 0 Å². The maximum Gasteiger partial charge on any atom is 0.321 e. The molecular formula is C24H32N6O3. The van der Waals surface area contributed by atoms with Crippen LogP contribution in [-0.2, 0) is 17.9 Å². The lowest BCUT2D eigenvalue weighted by Crippen LogP contribution is -2.44. The molecule has 1 atom stereocenters. The molecule has 0 aromatic heterocycles. The van der Waals surface area contributed by atoms with Gasteiger partial charge in [0.05, 0.1) is 12.2 Å². The van der Waals surface area contributed by atoms with E-state index in [2.05, 4.69) is 30.0 Å². The van der Waals surface area contributed by atoms with Crippen molar-refractivity contribution in [3.8, 4) is 0 Å². The number of amides is 3. The van der Waals surface area contributed by atoms with Gasteiger partial charge in [-0.3, -0.25) is 25.8 Å². The summed E-state index contributed by atoms with van der Waals surface area (Å²) in [5.74, 6) is 0.384. The number of guanidine groups is 1. The number of carbonyl (C=O) groups excluding carboxylic acids is 2. The Bertz CT molecular complexity index is 1020. The van der Waals surface area contributed by atoms with E-state index in [0.717, 1.165) is 11.1 Å². The number of nitrogens with zero attached hydrogens (tertiary/aromatic N) is 2. The summed E-state index contributed by atoms with van der Waals surface area (Å²) in [7, 11) is 1.70. The van der Waals surface area contributed by atoms with Gasteiger partial charge in [0.2, 0.25) is 0 Å². The highest BCUT2D eigenvalue weighted by Gasteiger charge is 2.45. The fraction of sp³-hybridized carbons (Fsp3) is 0.375. The number of urea groups is 1. The van der Waals surface area contributed by atoms with Crippen molar-refractivity contribution in [2.24, 2.45) is 5.92 Å². The zero-order valence-corrected chi connectivity index (χ0v) is 19.5. The van der Waals surface area contributed by atoms with E-state index in [1.54, 1.807) is 36.2 Å². The predicted octanol–water partition coefficient (Wildman–Crippen LogP) is 3.82. The second-order valence-electron chi connectivity index (χ2n) is 9.09. The van der Waals surface area contributed by atoms with Crippen LogP contribution in [0, 0.1) is 11.3 Å². The van der Waals surface area contributed by atoms with Gasteiger partial charge in [0.25, 0.3) is 5.91 Å². The predicted molar refractivity (Wildman–Crippen MR) is 128 cm³/mol. The molecule has 176 valence electrons. The molecule has 1 aliphatic rings. The second-order valence-corrected chi connectivity index (χ2v) is 9.09. The van der Waals surface area contributed by atoms with Crippen molar-refractivity contribution < 1.29 is 14.8 Å². The molecule has 9 heteroatoms. The molecule has 1 aliphatic heterocycles. The van der Waals surface area contributed by atoms with Crippen LogP contribution in [-0.4, -0.2) is 45.5 Å². The maximum atomic E-state index is 12.9. The van der Waals surface area contributed by atoms with Crippen molar-refractivity contribution in [3.63, 3.8) is 0 Å². The zero-order valence-electron chi connectivity index (χ0n) is 19.5. The second kappa shape index (κ2) is 9.91. The number of rotatable bonds is 8. The maximum absolute atomic E-state index is 12.9. The number of anilines is 2. The molecule has 1 heterocycles. The van der Waals surface area contributed by atoms with Gasteiger partial charge in [0.1, 0.15) is 5.54 Å². The largest absolute Gasteiger partial charge is 0.342 e. The van der Waals surface area contributed by atoms with Gasteiger partial charge in [0, 0.05) is 19.3 Å². The summed E-state index contributed by atoms with van der Waals surface area (Å²) in [5, 5.41) is 23.0. The van der Waals surface area contributed by atoms with Gasteiger partial charge in [-0.15, -0.1) is 0 Å². The zero-order chi connectivity index (χ0) is 24.2. The van der Waals surface area contributed by atoms with E-state index in [1.165, 1.54) is 4.90 Å². The number of nitrogens with one attached hydrogen (secondary N) is 4. The average molecular weight is 453 g/mol. The van der Waals surface area contributed by atoms with Crippen molar-refractivity contribution in [1.29, 1.82) is 5.41 Å². The Morgan fingerprint density at radius 1 is 1.18 bits per heavy atom. The van der Waals surface area contributed by atoms with Crippen LogP contribution >= 0.6 is 0 Å². The first-order chi connectivity index (χ1) is 15.6. The van der Waals surface area contributed by atoms with Crippen LogP contribution < -0.4 is 16.1 Å². The molecule has 0 saturated carbocycles. The topological polar surface area (TPSA) is 121 Å². The first-order valence-electron chi connectivity index (χ1n) is 10.9. The van der Waals surface area contributed by atoms with Crippen LogP contribution in [0.1, 0.15) is 38.3 Å². The Hall–Kier alpha value is -3.59. The van der Waals surface area contributed by atoms with Crippen LogP contribution in [0.3, 0.4) is 0 Å². The number of hydrogen-bond acceptors (Lipinski definition) is 5. The van der Waals surface area contributed by atoms with Crippen LogP contribution in [0.25, 0.3) is 0 Å². The van der Waals surface area contributed by atoms with Gasteiger partial charge < -0.3 is 15.5 Å². The minimum Gasteiger partial charge on any atom is -0.342 e. The Morgan fingerprint density at radius 3 is 2.45 bits per heavy atom. The fourth-order valence-electron chi connectivity index (χ4n) is 4.05. The van der Waals surface area contributed by atoms with E-state index in [1.807, 2.05) is 31.2 Å². The smallest absolute Gasteiger partial charge is 0.321 e. The molecule has 33 heavy (non-hydrogen) atoms. The Morgan fingerprint density at radius 2 is 1.82 bits per heavy atom.